The molecule has 7 nitrogen and oxygen atoms in total. The van der Waals surface area contributed by atoms with Crippen LogP contribution in [0, 0.1) is 5.92 Å². The number of anilines is 1. The third kappa shape index (κ3) is 5.12. The van der Waals surface area contributed by atoms with E-state index in [1.807, 2.05) is 75.4 Å². The molecule has 0 bridgehead atoms. The molecule has 0 spiro atoms. The number of nitrogens with zero attached hydrogens (tertiary/aromatic N) is 1. The number of aliphatic hydroxyl groups excluding tert-OH is 1. The summed E-state index contributed by atoms with van der Waals surface area (Å²) in [6, 6.07) is 15.3. The van der Waals surface area contributed by atoms with Crippen LogP contribution in [-0.2, 0) is 16.1 Å². The molecule has 2 unspecified atom stereocenters. The summed E-state index contributed by atoms with van der Waals surface area (Å²) in [5, 5.41) is 19.4. The molecular weight excluding hydrogens is 392 g/mol. The van der Waals surface area contributed by atoms with Gasteiger partial charge in [-0.25, -0.2) is 0 Å². The standard InChI is InChI=1S/C24H32N4O3/c1-15(2)20(27-22(29)16(3)25-4)24(31)28-14-17-10-8-9-13-19(17)21(28)23(30)26-18-11-6-5-7-12-18/h5-13,15-16,20-22,25,27,29H,14H2,1-4H3,(H,26,30)/t16-,20-,21?,22?/m0/s1. The normalized spacial score (nSPS) is 18.4. The lowest BCUT2D eigenvalue weighted by molar-refractivity contribution is -0.142. The Bertz CT molecular complexity index is 903. The van der Waals surface area contributed by atoms with E-state index in [9.17, 15) is 14.7 Å². The third-order valence-corrected chi connectivity index (χ3v) is 5.79. The van der Waals surface area contributed by atoms with Crippen molar-refractivity contribution in [3.05, 3.63) is 65.7 Å². The average molecular weight is 425 g/mol. The monoisotopic (exact) mass is 424 g/mol. The zero-order valence-electron chi connectivity index (χ0n) is 18.5. The maximum absolute atomic E-state index is 13.6. The number of benzene rings is 2. The molecule has 7 heteroatoms. The van der Waals surface area contributed by atoms with Gasteiger partial charge >= 0.3 is 0 Å². The van der Waals surface area contributed by atoms with Crippen LogP contribution in [-0.4, -0.2) is 47.2 Å². The molecule has 1 aliphatic rings. The summed E-state index contributed by atoms with van der Waals surface area (Å²) in [4.78, 5) is 28.5. The molecule has 1 aliphatic heterocycles. The number of nitrogens with one attached hydrogen (secondary N) is 3. The molecule has 2 aromatic carbocycles. The Kier molecular flexibility index (Phi) is 7.43. The van der Waals surface area contributed by atoms with E-state index in [1.165, 1.54) is 0 Å². The molecule has 4 atom stereocenters. The molecule has 2 amide bonds. The summed E-state index contributed by atoms with van der Waals surface area (Å²) in [6.45, 7) is 6.04. The zero-order valence-corrected chi connectivity index (χ0v) is 18.5. The average Bonchev–Trinajstić information content (AvgIpc) is 3.16. The van der Waals surface area contributed by atoms with Crippen molar-refractivity contribution in [2.45, 2.75) is 51.7 Å². The summed E-state index contributed by atoms with van der Waals surface area (Å²) in [7, 11) is 1.75. The zero-order chi connectivity index (χ0) is 22.5. The van der Waals surface area contributed by atoms with Gasteiger partial charge in [-0.1, -0.05) is 56.3 Å². The Morgan fingerprint density at radius 2 is 1.68 bits per heavy atom. The topological polar surface area (TPSA) is 93.7 Å². The van der Waals surface area contributed by atoms with Crippen molar-refractivity contribution < 1.29 is 14.7 Å². The molecule has 0 aliphatic carbocycles. The molecule has 0 saturated heterocycles. The minimum absolute atomic E-state index is 0.0762. The lowest BCUT2D eigenvalue weighted by Crippen LogP contribution is -2.56. The Balaban J connectivity index is 1.88. The van der Waals surface area contributed by atoms with Gasteiger partial charge < -0.3 is 20.6 Å². The first-order chi connectivity index (χ1) is 14.8. The summed E-state index contributed by atoms with van der Waals surface area (Å²) < 4.78 is 0. The fourth-order valence-electron chi connectivity index (χ4n) is 3.82. The highest BCUT2D eigenvalue weighted by atomic mass is 16.3. The van der Waals surface area contributed by atoms with Gasteiger partial charge in [-0.3, -0.25) is 14.9 Å². The highest BCUT2D eigenvalue weighted by Gasteiger charge is 2.41. The van der Waals surface area contributed by atoms with Gasteiger partial charge in [-0.15, -0.1) is 0 Å². The van der Waals surface area contributed by atoms with Crippen LogP contribution in [0.3, 0.4) is 0 Å². The van der Waals surface area contributed by atoms with Crippen LogP contribution in [0.1, 0.15) is 37.9 Å². The van der Waals surface area contributed by atoms with E-state index < -0.39 is 18.3 Å². The summed E-state index contributed by atoms with van der Waals surface area (Å²) in [5.41, 5.74) is 2.47. The van der Waals surface area contributed by atoms with Gasteiger partial charge in [0.05, 0.1) is 6.04 Å². The highest BCUT2D eigenvalue weighted by molar-refractivity contribution is 5.99. The van der Waals surface area contributed by atoms with Crippen molar-refractivity contribution in [1.82, 2.24) is 15.5 Å². The number of likely N-dealkylation sites (N-methyl/N-ethyl adjacent to an activating group) is 1. The molecule has 31 heavy (non-hydrogen) atoms. The number of hydrogen-bond donors (Lipinski definition) is 4. The molecule has 0 radical (unpaired) electrons. The van der Waals surface area contributed by atoms with E-state index in [0.717, 1.165) is 11.1 Å². The summed E-state index contributed by atoms with van der Waals surface area (Å²) >= 11 is 0. The van der Waals surface area contributed by atoms with Gasteiger partial charge in [0.25, 0.3) is 5.91 Å². The van der Waals surface area contributed by atoms with Crippen LogP contribution in [0.5, 0.6) is 0 Å². The molecule has 0 aromatic heterocycles. The van der Waals surface area contributed by atoms with E-state index in [1.54, 1.807) is 11.9 Å². The molecule has 3 rings (SSSR count). The van der Waals surface area contributed by atoms with Crippen molar-refractivity contribution in [3.8, 4) is 0 Å². The second kappa shape index (κ2) is 10.0. The van der Waals surface area contributed by atoms with Crippen molar-refractivity contribution in [2.24, 2.45) is 5.92 Å². The Morgan fingerprint density at radius 1 is 1.03 bits per heavy atom. The van der Waals surface area contributed by atoms with Crippen molar-refractivity contribution in [2.75, 3.05) is 12.4 Å². The molecule has 2 aromatic rings. The van der Waals surface area contributed by atoms with Crippen LogP contribution in [0.15, 0.2) is 54.6 Å². The highest BCUT2D eigenvalue weighted by Crippen LogP contribution is 2.35. The first-order valence-corrected chi connectivity index (χ1v) is 10.7. The van der Waals surface area contributed by atoms with Crippen molar-refractivity contribution in [3.63, 3.8) is 0 Å². The van der Waals surface area contributed by atoms with Gasteiger partial charge in [0.15, 0.2) is 0 Å². The van der Waals surface area contributed by atoms with E-state index in [0.29, 0.717) is 12.2 Å². The van der Waals surface area contributed by atoms with E-state index in [4.69, 9.17) is 0 Å². The summed E-state index contributed by atoms with van der Waals surface area (Å²) in [6.07, 6.45) is -0.900. The number of aliphatic hydroxyl groups is 1. The van der Waals surface area contributed by atoms with Crippen LogP contribution < -0.4 is 16.0 Å². The fraction of sp³-hybridized carbons (Fsp3) is 0.417. The molecule has 0 fully saturated rings. The predicted molar refractivity (Wildman–Crippen MR) is 121 cm³/mol. The second-order valence-electron chi connectivity index (χ2n) is 8.33. The number of para-hydroxylation sites is 1. The fourth-order valence-corrected chi connectivity index (χ4v) is 3.82. The largest absolute Gasteiger partial charge is 0.377 e. The van der Waals surface area contributed by atoms with E-state index in [-0.39, 0.29) is 23.8 Å². The number of rotatable bonds is 8. The van der Waals surface area contributed by atoms with Crippen LogP contribution in [0.25, 0.3) is 0 Å². The maximum Gasteiger partial charge on any atom is 0.251 e. The minimum Gasteiger partial charge on any atom is -0.377 e. The van der Waals surface area contributed by atoms with Crippen LogP contribution in [0.4, 0.5) is 5.69 Å². The number of fused-ring (bicyclic) bond motifs is 1. The smallest absolute Gasteiger partial charge is 0.251 e. The van der Waals surface area contributed by atoms with Gasteiger partial charge in [0, 0.05) is 18.3 Å². The van der Waals surface area contributed by atoms with Crippen LogP contribution >= 0.6 is 0 Å². The second-order valence-corrected chi connectivity index (χ2v) is 8.33. The van der Waals surface area contributed by atoms with E-state index in [2.05, 4.69) is 16.0 Å². The summed E-state index contributed by atoms with van der Waals surface area (Å²) in [5.74, 6) is -0.536. The van der Waals surface area contributed by atoms with Crippen molar-refractivity contribution >= 4 is 17.5 Å². The van der Waals surface area contributed by atoms with Crippen LogP contribution in [0.2, 0.25) is 0 Å². The lowest BCUT2D eigenvalue weighted by Gasteiger charge is -2.33. The van der Waals surface area contributed by atoms with Crippen molar-refractivity contribution in [1.29, 1.82) is 0 Å². The number of carbonyl (C=O) groups is 2. The molecule has 1 heterocycles. The third-order valence-electron chi connectivity index (χ3n) is 5.79. The molecule has 0 saturated carbocycles. The maximum atomic E-state index is 13.6. The first-order valence-electron chi connectivity index (χ1n) is 10.7. The number of hydrogen-bond acceptors (Lipinski definition) is 5. The number of amides is 2. The van der Waals surface area contributed by atoms with E-state index >= 15 is 0 Å². The SMILES string of the molecule is CN[C@@H](C)C(O)N[C@H](C(=O)N1Cc2ccccc2C1C(=O)Nc1ccccc1)C(C)C. The van der Waals surface area contributed by atoms with Gasteiger partial charge in [0.2, 0.25) is 5.91 Å². The van der Waals surface area contributed by atoms with Gasteiger partial charge in [-0.2, -0.15) is 0 Å². The molecular formula is C24H32N4O3. The quantitative estimate of drug-likeness (QED) is 0.488. The lowest BCUT2D eigenvalue weighted by atomic mass is 10.0. The number of carbonyl (C=O) groups excluding carboxylic acids is 2. The Morgan fingerprint density at radius 3 is 2.32 bits per heavy atom. The molecule has 4 N–H and O–H groups in total. The predicted octanol–water partition coefficient (Wildman–Crippen LogP) is 2.25. The van der Waals surface area contributed by atoms with Gasteiger partial charge in [-0.05, 0) is 43.1 Å². The Labute approximate surface area is 183 Å². The first kappa shape index (κ1) is 22.9. The van der Waals surface area contributed by atoms with Gasteiger partial charge in [0.1, 0.15) is 12.3 Å². The molecule has 166 valence electrons. The minimum atomic E-state index is -0.900. The Hall–Kier alpha value is -2.74.